The molecule has 0 amide bonds. The van der Waals surface area contributed by atoms with Crippen molar-refractivity contribution in [1.82, 2.24) is 9.55 Å². The van der Waals surface area contributed by atoms with Gasteiger partial charge in [0.05, 0.1) is 16.4 Å². The predicted octanol–water partition coefficient (Wildman–Crippen LogP) is 5.60. The number of rotatable bonds is 4. The summed E-state index contributed by atoms with van der Waals surface area (Å²) >= 11 is 12.1. The number of ketones is 1. The third-order valence-electron chi connectivity index (χ3n) is 3.61. The van der Waals surface area contributed by atoms with E-state index in [0.717, 1.165) is 11.3 Å². The first-order valence-electron chi connectivity index (χ1n) is 7.36. The highest BCUT2D eigenvalue weighted by atomic mass is 35.5. The molecule has 1 aromatic heterocycles. The van der Waals surface area contributed by atoms with Crippen molar-refractivity contribution in [3.8, 4) is 11.3 Å². The fourth-order valence-corrected chi connectivity index (χ4v) is 2.92. The largest absolute Gasteiger partial charge is 0.302 e. The number of halogens is 2. The summed E-state index contributed by atoms with van der Waals surface area (Å²) in [6.45, 7) is 1.80. The zero-order chi connectivity index (χ0) is 17.1. The minimum Gasteiger partial charge on any atom is -0.302 e. The normalized spacial score (nSPS) is 11.5. The van der Waals surface area contributed by atoms with Gasteiger partial charge in [0, 0.05) is 22.3 Å². The van der Waals surface area contributed by atoms with Gasteiger partial charge in [0.25, 0.3) is 0 Å². The Kier molecular flexibility index (Phi) is 4.84. The lowest BCUT2D eigenvalue weighted by Crippen LogP contribution is -2.08. The Hall–Kier alpha value is -2.36. The van der Waals surface area contributed by atoms with Gasteiger partial charge in [-0.05, 0) is 25.1 Å². The van der Waals surface area contributed by atoms with E-state index in [-0.39, 0.29) is 5.78 Å². The van der Waals surface area contributed by atoms with Crippen LogP contribution in [0.3, 0.4) is 0 Å². The average Bonchev–Trinajstić information content (AvgIpc) is 3.06. The van der Waals surface area contributed by atoms with Crippen LogP contribution in [0.2, 0.25) is 10.0 Å². The van der Waals surface area contributed by atoms with E-state index in [1.807, 2.05) is 36.5 Å². The van der Waals surface area contributed by atoms with Gasteiger partial charge in [0.2, 0.25) is 5.78 Å². The lowest BCUT2D eigenvalue weighted by molar-refractivity contribution is 0.105. The Morgan fingerprint density at radius 3 is 2.54 bits per heavy atom. The second-order valence-electron chi connectivity index (χ2n) is 5.16. The Bertz CT molecular complexity index is 914. The first-order chi connectivity index (χ1) is 11.6. The van der Waals surface area contributed by atoms with Crippen molar-refractivity contribution in [1.29, 1.82) is 0 Å². The van der Waals surface area contributed by atoms with Crippen molar-refractivity contribution in [2.24, 2.45) is 0 Å². The van der Waals surface area contributed by atoms with Crippen LogP contribution in [-0.4, -0.2) is 15.3 Å². The molecular formula is C19H14Cl2N2O. The highest BCUT2D eigenvalue weighted by molar-refractivity contribution is 6.39. The summed E-state index contributed by atoms with van der Waals surface area (Å²) in [6, 6.07) is 14.6. The Labute approximate surface area is 150 Å². The number of nitrogens with zero attached hydrogens (tertiary/aromatic N) is 2. The Morgan fingerprint density at radius 1 is 1.12 bits per heavy atom. The number of allylic oxidation sites excluding steroid dienone is 2. The van der Waals surface area contributed by atoms with Gasteiger partial charge in [-0.15, -0.1) is 0 Å². The molecule has 0 spiro atoms. The summed E-state index contributed by atoms with van der Waals surface area (Å²) < 4.78 is 1.70. The van der Waals surface area contributed by atoms with Gasteiger partial charge in [-0.3, -0.25) is 4.79 Å². The van der Waals surface area contributed by atoms with Gasteiger partial charge >= 0.3 is 0 Å². The van der Waals surface area contributed by atoms with E-state index in [1.54, 1.807) is 42.1 Å². The molecule has 0 saturated carbocycles. The molecule has 3 nitrogen and oxygen atoms in total. The maximum Gasteiger partial charge on any atom is 0.210 e. The minimum atomic E-state index is -0.184. The standard InChI is InChI=1S/C19H14Cl2N2O/c1-2-18(19(24)15-9-8-14(20)10-16(15)21)23-11-17(22-12-23)13-6-4-3-5-7-13/h2-12H,1H3/b18-2+. The molecule has 0 unspecified atom stereocenters. The average molecular weight is 357 g/mol. The van der Waals surface area contributed by atoms with E-state index in [0.29, 0.717) is 21.3 Å². The quantitative estimate of drug-likeness (QED) is 0.450. The van der Waals surface area contributed by atoms with Crippen molar-refractivity contribution < 1.29 is 4.79 Å². The summed E-state index contributed by atoms with van der Waals surface area (Å²) in [5, 5.41) is 0.822. The van der Waals surface area contributed by atoms with Crippen LogP contribution in [0.5, 0.6) is 0 Å². The van der Waals surface area contributed by atoms with Gasteiger partial charge in [-0.2, -0.15) is 0 Å². The molecule has 0 aliphatic rings. The summed E-state index contributed by atoms with van der Waals surface area (Å²) in [6.07, 6.45) is 5.19. The van der Waals surface area contributed by atoms with E-state index in [9.17, 15) is 4.79 Å². The number of Topliss-reactive ketones (excluding diaryl/α,β-unsaturated/α-hetero) is 1. The van der Waals surface area contributed by atoms with Crippen molar-refractivity contribution >= 4 is 34.7 Å². The summed E-state index contributed by atoms with van der Waals surface area (Å²) in [5.41, 5.74) is 2.67. The van der Waals surface area contributed by atoms with E-state index in [4.69, 9.17) is 23.2 Å². The molecule has 5 heteroatoms. The fourth-order valence-electron chi connectivity index (χ4n) is 2.42. The van der Waals surface area contributed by atoms with Crippen molar-refractivity contribution in [2.45, 2.75) is 6.92 Å². The minimum absolute atomic E-state index is 0.184. The second-order valence-corrected chi connectivity index (χ2v) is 6.00. The molecule has 0 aliphatic heterocycles. The summed E-state index contributed by atoms with van der Waals surface area (Å²) in [4.78, 5) is 17.2. The van der Waals surface area contributed by atoms with Crippen molar-refractivity contribution in [2.75, 3.05) is 0 Å². The molecule has 0 N–H and O–H groups in total. The van der Waals surface area contributed by atoms with Crippen LogP contribution in [0.1, 0.15) is 17.3 Å². The van der Waals surface area contributed by atoms with E-state index >= 15 is 0 Å². The maximum absolute atomic E-state index is 12.8. The molecule has 2 aromatic carbocycles. The van der Waals surface area contributed by atoms with Crippen molar-refractivity contribution in [3.05, 3.63) is 82.7 Å². The monoisotopic (exact) mass is 356 g/mol. The molecule has 120 valence electrons. The predicted molar refractivity (Wildman–Crippen MR) is 98.4 cm³/mol. The highest BCUT2D eigenvalue weighted by Crippen LogP contribution is 2.26. The van der Waals surface area contributed by atoms with Crippen LogP contribution < -0.4 is 0 Å². The van der Waals surface area contributed by atoms with Crippen LogP contribution in [0.15, 0.2) is 67.1 Å². The zero-order valence-corrected chi connectivity index (χ0v) is 14.4. The first-order valence-corrected chi connectivity index (χ1v) is 8.11. The smallest absolute Gasteiger partial charge is 0.210 e. The molecule has 0 radical (unpaired) electrons. The second kappa shape index (κ2) is 7.04. The third-order valence-corrected chi connectivity index (χ3v) is 4.16. The van der Waals surface area contributed by atoms with Crippen LogP contribution in [0.4, 0.5) is 0 Å². The number of carbonyl (C=O) groups excluding carboxylic acids is 1. The van der Waals surface area contributed by atoms with Gasteiger partial charge < -0.3 is 4.57 Å². The van der Waals surface area contributed by atoms with Crippen LogP contribution in [0.25, 0.3) is 17.0 Å². The van der Waals surface area contributed by atoms with Gasteiger partial charge in [-0.25, -0.2) is 4.98 Å². The number of hydrogen-bond acceptors (Lipinski definition) is 2. The SMILES string of the molecule is C/C=C(\C(=O)c1ccc(Cl)cc1Cl)n1cnc(-c2ccccc2)c1. The molecular weight excluding hydrogens is 343 g/mol. The summed E-state index contributed by atoms with van der Waals surface area (Å²) in [7, 11) is 0. The number of hydrogen-bond donors (Lipinski definition) is 0. The third kappa shape index (κ3) is 3.28. The number of imidazole rings is 1. The molecule has 3 rings (SSSR count). The molecule has 1 heterocycles. The lowest BCUT2D eigenvalue weighted by Gasteiger charge is -2.08. The molecule has 0 fully saturated rings. The number of aromatic nitrogens is 2. The lowest BCUT2D eigenvalue weighted by atomic mass is 10.1. The van der Waals surface area contributed by atoms with E-state index < -0.39 is 0 Å². The molecule has 0 bridgehead atoms. The molecule has 0 aliphatic carbocycles. The number of benzene rings is 2. The Balaban J connectivity index is 1.95. The Morgan fingerprint density at radius 2 is 1.88 bits per heavy atom. The molecule has 0 atom stereocenters. The molecule has 3 aromatic rings. The topological polar surface area (TPSA) is 34.9 Å². The fraction of sp³-hybridized carbons (Fsp3) is 0.0526. The van der Waals surface area contributed by atoms with Gasteiger partial charge in [-0.1, -0.05) is 59.6 Å². The van der Waals surface area contributed by atoms with Gasteiger partial charge in [0.1, 0.15) is 6.33 Å². The van der Waals surface area contributed by atoms with E-state index in [1.165, 1.54) is 0 Å². The van der Waals surface area contributed by atoms with E-state index in [2.05, 4.69) is 4.98 Å². The summed E-state index contributed by atoms with van der Waals surface area (Å²) in [5.74, 6) is -0.184. The maximum atomic E-state index is 12.8. The number of carbonyl (C=O) groups is 1. The van der Waals surface area contributed by atoms with Crippen LogP contribution in [0, 0.1) is 0 Å². The highest BCUT2D eigenvalue weighted by Gasteiger charge is 2.17. The van der Waals surface area contributed by atoms with Gasteiger partial charge in [0.15, 0.2) is 0 Å². The van der Waals surface area contributed by atoms with Crippen LogP contribution >= 0.6 is 23.2 Å². The molecule has 24 heavy (non-hydrogen) atoms. The first kappa shape index (κ1) is 16.5. The van der Waals surface area contributed by atoms with Crippen molar-refractivity contribution in [3.63, 3.8) is 0 Å². The zero-order valence-electron chi connectivity index (χ0n) is 12.9. The van der Waals surface area contributed by atoms with Crippen LogP contribution in [-0.2, 0) is 0 Å². The molecule has 0 saturated heterocycles.